The van der Waals surface area contributed by atoms with Gasteiger partial charge in [0.2, 0.25) is 17.6 Å². The molecular formula is C16H16N4O2S. The van der Waals surface area contributed by atoms with E-state index in [0.717, 1.165) is 11.1 Å². The van der Waals surface area contributed by atoms with E-state index in [2.05, 4.69) is 20.4 Å². The molecule has 0 fully saturated rings. The van der Waals surface area contributed by atoms with Crippen LogP contribution in [0.1, 0.15) is 30.8 Å². The Balaban J connectivity index is 1.51. The smallest absolute Gasteiger partial charge is 0.227 e. The fourth-order valence-electron chi connectivity index (χ4n) is 2.13. The molecule has 0 aromatic carbocycles. The summed E-state index contributed by atoms with van der Waals surface area (Å²) >= 11 is 1.58. The quantitative estimate of drug-likeness (QED) is 0.752. The van der Waals surface area contributed by atoms with Crippen LogP contribution in [-0.2, 0) is 11.2 Å². The minimum absolute atomic E-state index is 0.0513. The third kappa shape index (κ3) is 4.01. The van der Waals surface area contributed by atoms with Gasteiger partial charge in [-0.25, -0.2) is 0 Å². The summed E-state index contributed by atoms with van der Waals surface area (Å²) in [5.74, 6) is 0.981. The van der Waals surface area contributed by atoms with Crippen LogP contribution in [0.5, 0.6) is 0 Å². The Bertz CT molecular complexity index is 756. The van der Waals surface area contributed by atoms with E-state index in [4.69, 9.17) is 4.52 Å². The van der Waals surface area contributed by atoms with Crippen LogP contribution < -0.4 is 5.32 Å². The molecule has 3 aromatic rings. The number of carbonyl (C=O) groups is 1. The highest BCUT2D eigenvalue weighted by molar-refractivity contribution is 7.08. The average Bonchev–Trinajstić information content (AvgIpc) is 3.25. The van der Waals surface area contributed by atoms with Crippen LogP contribution in [0.2, 0.25) is 0 Å². The van der Waals surface area contributed by atoms with Gasteiger partial charge >= 0.3 is 0 Å². The third-order valence-electron chi connectivity index (χ3n) is 3.40. The van der Waals surface area contributed by atoms with Gasteiger partial charge in [0.05, 0.1) is 6.04 Å². The van der Waals surface area contributed by atoms with Crippen molar-refractivity contribution in [3.05, 3.63) is 52.8 Å². The highest BCUT2D eigenvalue weighted by atomic mass is 32.1. The Labute approximate surface area is 137 Å². The summed E-state index contributed by atoms with van der Waals surface area (Å²) in [5, 5.41) is 10.8. The van der Waals surface area contributed by atoms with Crippen molar-refractivity contribution in [1.29, 1.82) is 0 Å². The fourth-order valence-corrected chi connectivity index (χ4v) is 2.77. The molecule has 3 aromatic heterocycles. The topological polar surface area (TPSA) is 80.9 Å². The first-order chi connectivity index (χ1) is 11.2. The van der Waals surface area contributed by atoms with Crippen LogP contribution >= 0.6 is 11.3 Å². The molecule has 1 atom stereocenters. The van der Waals surface area contributed by atoms with Gasteiger partial charge in [-0.2, -0.15) is 16.3 Å². The fraction of sp³-hybridized carbons (Fsp3) is 0.250. The molecule has 0 saturated carbocycles. The molecule has 0 bridgehead atoms. The molecule has 23 heavy (non-hydrogen) atoms. The predicted molar refractivity (Wildman–Crippen MR) is 86.7 cm³/mol. The molecule has 1 amide bonds. The summed E-state index contributed by atoms with van der Waals surface area (Å²) in [7, 11) is 0. The Morgan fingerprint density at radius 2 is 2.17 bits per heavy atom. The second-order valence-corrected chi connectivity index (χ2v) is 5.87. The number of carbonyl (C=O) groups excluding carboxylic acids is 1. The molecule has 3 heterocycles. The number of aryl methyl sites for hydroxylation is 1. The van der Waals surface area contributed by atoms with Gasteiger partial charge in [0.15, 0.2) is 0 Å². The minimum atomic E-state index is -0.0606. The zero-order valence-electron chi connectivity index (χ0n) is 12.6. The monoisotopic (exact) mass is 328 g/mol. The maximum absolute atomic E-state index is 12.0. The standard InChI is InChI=1S/C16H16N4O2S/c1-11(12-4-7-17-8-5-12)18-14(21)2-3-15-19-16(20-22-15)13-6-9-23-10-13/h4-11H,2-3H2,1H3,(H,18,21). The van der Waals surface area contributed by atoms with E-state index in [1.54, 1.807) is 23.7 Å². The van der Waals surface area contributed by atoms with Crippen molar-refractivity contribution >= 4 is 17.2 Å². The van der Waals surface area contributed by atoms with Crippen molar-refractivity contribution in [2.24, 2.45) is 0 Å². The molecule has 6 nitrogen and oxygen atoms in total. The SMILES string of the molecule is CC(NC(=O)CCc1nc(-c2ccsc2)no1)c1ccncc1. The summed E-state index contributed by atoms with van der Waals surface area (Å²) in [6, 6.07) is 5.64. The van der Waals surface area contributed by atoms with Gasteiger partial charge in [0.25, 0.3) is 0 Å². The first-order valence-corrected chi connectivity index (χ1v) is 8.21. The van der Waals surface area contributed by atoms with E-state index in [-0.39, 0.29) is 11.9 Å². The van der Waals surface area contributed by atoms with Gasteiger partial charge in [-0.1, -0.05) is 5.16 Å². The number of rotatable bonds is 6. The molecular weight excluding hydrogens is 312 g/mol. The van der Waals surface area contributed by atoms with E-state index < -0.39 is 0 Å². The predicted octanol–water partition coefficient (Wildman–Crippen LogP) is 3.00. The highest BCUT2D eigenvalue weighted by Crippen LogP contribution is 2.19. The van der Waals surface area contributed by atoms with Crippen molar-refractivity contribution in [2.75, 3.05) is 0 Å². The Hall–Kier alpha value is -2.54. The molecule has 1 N–H and O–H groups in total. The second kappa shape index (κ2) is 7.15. The first kappa shape index (κ1) is 15.4. The van der Waals surface area contributed by atoms with E-state index in [1.807, 2.05) is 35.9 Å². The number of hydrogen-bond donors (Lipinski definition) is 1. The van der Waals surface area contributed by atoms with Crippen molar-refractivity contribution < 1.29 is 9.32 Å². The lowest BCUT2D eigenvalue weighted by Gasteiger charge is -2.13. The normalized spacial score (nSPS) is 12.0. The Kier molecular flexibility index (Phi) is 4.77. The number of aromatic nitrogens is 3. The lowest BCUT2D eigenvalue weighted by Crippen LogP contribution is -2.26. The van der Waals surface area contributed by atoms with Gasteiger partial charge in [-0.15, -0.1) is 0 Å². The van der Waals surface area contributed by atoms with Crippen LogP contribution in [0.3, 0.4) is 0 Å². The lowest BCUT2D eigenvalue weighted by molar-refractivity contribution is -0.121. The molecule has 0 aliphatic heterocycles. The summed E-state index contributed by atoms with van der Waals surface area (Å²) < 4.78 is 5.18. The summed E-state index contributed by atoms with van der Waals surface area (Å²) in [5.41, 5.74) is 1.95. The number of nitrogens with one attached hydrogen (secondary N) is 1. The first-order valence-electron chi connectivity index (χ1n) is 7.27. The maximum Gasteiger partial charge on any atom is 0.227 e. The lowest BCUT2D eigenvalue weighted by atomic mass is 10.1. The van der Waals surface area contributed by atoms with Crippen molar-refractivity contribution in [2.45, 2.75) is 25.8 Å². The molecule has 0 spiro atoms. The van der Waals surface area contributed by atoms with Gasteiger partial charge in [0.1, 0.15) is 0 Å². The van der Waals surface area contributed by atoms with E-state index >= 15 is 0 Å². The number of nitrogens with zero attached hydrogens (tertiary/aromatic N) is 3. The molecule has 0 radical (unpaired) electrons. The van der Waals surface area contributed by atoms with E-state index in [0.29, 0.717) is 24.6 Å². The summed E-state index contributed by atoms with van der Waals surface area (Å²) in [6.45, 7) is 1.94. The Morgan fingerprint density at radius 3 is 2.91 bits per heavy atom. The molecule has 1 unspecified atom stereocenters. The number of thiophene rings is 1. The van der Waals surface area contributed by atoms with E-state index in [9.17, 15) is 4.79 Å². The maximum atomic E-state index is 12.0. The zero-order chi connectivity index (χ0) is 16.1. The van der Waals surface area contributed by atoms with Gasteiger partial charge < -0.3 is 9.84 Å². The van der Waals surface area contributed by atoms with Crippen LogP contribution in [-0.4, -0.2) is 21.0 Å². The van der Waals surface area contributed by atoms with Crippen LogP contribution in [0, 0.1) is 0 Å². The van der Waals surface area contributed by atoms with Crippen molar-refractivity contribution in [3.63, 3.8) is 0 Å². The van der Waals surface area contributed by atoms with Crippen molar-refractivity contribution in [1.82, 2.24) is 20.4 Å². The van der Waals surface area contributed by atoms with Gasteiger partial charge in [0, 0.05) is 36.2 Å². The minimum Gasteiger partial charge on any atom is -0.350 e. The van der Waals surface area contributed by atoms with Crippen LogP contribution in [0.4, 0.5) is 0 Å². The van der Waals surface area contributed by atoms with E-state index in [1.165, 1.54) is 0 Å². The number of hydrogen-bond acceptors (Lipinski definition) is 6. The molecule has 118 valence electrons. The average molecular weight is 328 g/mol. The summed E-state index contributed by atoms with van der Waals surface area (Å²) in [6.07, 6.45) is 4.15. The molecule has 0 aliphatic carbocycles. The highest BCUT2D eigenvalue weighted by Gasteiger charge is 2.13. The van der Waals surface area contributed by atoms with Crippen molar-refractivity contribution in [3.8, 4) is 11.4 Å². The second-order valence-electron chi connectivity index (χ2n) is 5.09. The molecule has 0 aliphatic rings. The molecule has 0 saturated heterocycles. The third-order valence-corrected chi connectivity index (χ3v) is 4.08. The largest absolute Gasteiger partial charge is 0.350 e. The summed E-state index contributed by atoms with van der Waals surface area (Å²) in [4.78, 5) is 20.3. The van der Waals surface area contributed by atoms with Gasteiger partial charge in [-0.05, 0) is 36.1 Å². The number of pyridine rings is 1. The number of amides is 1. The van der Waals surface area contributed by atoms with Gasteiger partial charge in [-0.3, -0.25) is 9.78 Å². The molecule has 7 heteroatoms. The molecule has 3 rings (SSSR count). The Morgan fingerprint density at radius 1 is 1.35 bits per heavy atom. The van der Waals surface area contributed by atoms with Crippen LogP contribution in [0.15, 0.2) is 45.9 Å². The zero-order valence-corrected chi connectivity index (χ0v) is 13.4. The van der Waals surface area contributed by atoms with Crippen LogP contribution in [0.25, 0.3) is 11.4 Å².